The second kappa shape index (κ2) is 5.78. The third-order valence-corrected chi connectivity index (χ3v) is 3.46. The summed E-state index contributed by atoms with van der Waals surface area (Å²) in [6.07, 6.45) is 1.44. The van der Waals surface area contributed by atoms with E-state index in [1.54, 1.807) is 4.57 Å². The van der Waals surface area contributed by atoms with Gasteiger partial charge in [-0.3, -0.25) is 10.0 Å². The predicted octanol–water partition coefficient (Wildman–Crippen LogP) is 1.37. The fourth-order valence-electron chi connectivity index (χ4n) is 2.11. The maximum Gasteiger partial charge on any atom is 0.274 e. The third-order valence-electron chi connectivity index (χ3n) is 3.20. The van der Waals surface area contributed by atoms with E-state index in [9.17, 15) is 9.18 Å². The number of hydrogen-bond acceptors (Lipinski definition) is 6. The molecule has 8 nitrogen and oxygen atoms in total. The largest absolute Gasteiger partial charge is 0.368 e. The van der Waals surface area contributed by atoms with Crippen LogP contribution in [0.3, 0.4) is 0 Å². The van der Waals surface area contributed by atoms with Crippen molar-refractivity contribution in [1.82, 2.24) is 25.0 Å². The number of anilines is 1. The molecule has 10 heteroatoms. The van der Waals surface area contributed by atoms with Gasteiger partial charge in [-0.1, -0.05) is 17.7 Å². The van der Waals surface area contributed by atoms with Crippen molar-refractivity contribution in [2.45, 2.75) is 6.54 Å². The minimum Gasteiger partial charge on any atom is -0.368 e. The van der Waals surface area contributed by atoms with E-state index in [-0.39, 0.29) is 23.2 Å². The van der Waals surface area contributed by atoms with Gasteiger partial charge in [-0.05, 0) is 12.1 Å². The number of nitrogens with two attached hydrogens (primary N) is 1. The molecule has 0 bridgehead atoms. The first-order valence-corrected chi connectivity index (χ1v) is 6.74. The molecule has 0 aliphatic rings. The van der Waals surface area contributed by atoms with Gasteiger partial charge in [0.05, 0.1) is 12.9 Å². The zero-order valence-corrected chi connectivity index (χ0v) is 12.3. The molecule has 0 saturated carbocycles. The van der Waals surface area contributed by atoms with E-state index in [2.05, 4.69) is 15.0 Å². The molecule has 3 aromatic rings. The second-order valence-corrected chi connectivity index (χ2v) is 5.02. The summed E-state index contributed by atoms with van der Waals surface area (Å²) in [7, 11) is 0. The van der Waals surface area contributed by atoms with Crippen LogP contribution in [-0.4, -0.2) is 30.6 Å². The lowest BCUT2D eigenvalue weighted by Gasteiger charge is -2.07. The van der Waals surface area contributed by atoms with E-state index in [1.807, 2.05) is 0 Å². The molecule has 0 radical (unpaired) electrons. The minimum absolute atomic E-state index is 0.00106. The minimum atomic E-state index is -0.796. The Morgan fingerprint density at radius 2 is 2.22 bits per heavy atom. The molecule has 4 N–H and O–H groups in total. The number of nitrogens with one attached hydrogen (secondary N) is 1. The van der Waals surface area contributed by atoms with E-state index >= 15 is 0 Å². The van der Waals surface area contributed by atoms with Gasteiger partial charge in [0.15, 0.2) is 10.8 Å². The van der Waals surface area contributed by atoms with Gasteiger partial charge in [0, 0.05) is 11.1 Å². The van der Waals surface area contributed by atoms with Crippen LogP contribution in [0, 0.1) is 5.82 Å². The molecule has 1 amide bonds. The molecule has 0 aliphatic carbocycles. The molecule has 0 unspecified atom stereocenters. The van der Waals surface area contributed by atoms with Crippen molar-refractivity contribution in [3.8, 4) is 0 Å². The maximum atomic E-state index is 14.1. The van der Waals surface area contributed by atoms with Crippen molar-refractivity contribution in [3.05, 3.63) is 46.6 Å². The van der Waals surface area contributed by atoms with Gasteiger partial charge in [-0.25, -0.2) is 14.9 Å². The molecule has 1 aromatic carbocycles. The van der Waals surface area contributed by atoms with Gasteiger partial charge < -0.3 is 10.3 Å². The van der Waals surface area contributed by atoms with E-state index in [1.165, 1.54) is 23.9 Å². The van der Waals surface area contributed by atoms with Gasteiger partial charge in [0.25, 0.3) is 5.91 Å². The number of nitrogen functional groups attached to an aromatic ring is 1. The lowest BCUT2D eigenvalue weighted by molar-refractivity contribution is 0.0706. The van der Waals surface area contributed by atoms with Gasteiger partial charge >= 0.3 is 0 Å². The Labute approximate surface area is 133 Å². The Balaban J connectivity index is 1.98. The van der Waals surface area contributed by atoms with Crippen molar-refractivity contribution in [2.75, 3.05) is 5.73 Å². The summed E-state index contributed by atoms with van der Waals surface area (Å²) in [5.74, 6) is -1.42. The number of fused-ring (bicyclic) bond motifs is 1. The maximum absolute atomic E-state index is 14.1. The van der Waals surface area contributed by atoms with Crippen molar-refractivity contribution in [2.24, 2.45) is 0 Å². The number of benzene rings is 1. The first-order valence-electron chi connectivity index (χ1n) is 6.36. The summed E-state index contributed by atoms with van der Waals surface area (Å²) in [6, 6.07) is 3.84. The highest BCUT2D eigenvalue weighted by Crippen LogP contribution is 2.21. The topological polar surface area (TPSA) is 119 Å². The van der Waals surface area contributed by atoms with Crippen LogP contribution in [0.2, 0.25) is 5.15 Å². The predicted molar refractivity (Wildman–Crippen MR) is 79.5 cm³/mol. The van der Waals surface area contributed by atoms with Crippen LogP contribution in [0.1, 0.15) is 15.9 Å². The van der Waals surface area contributed by atoms with Gasteiger partial charge in [-0.2, -0.15) is 9.97 Å². The van der Waals surface area contributed by atoms with Gasteiger partial charge in [-0.15, -0.1) is 0 Å². The number of halogens is 2. The van der Waals surface area contributed by atoms with Crippen LogP contribution in [0.25, 0.3) is 11.2 Å². The summed E-state index contributed by atoms with van der Waals surface area (Å²) in [6.45, 7) is 0.107. The number of rotatable bonds is 3. The number of nitrogens with zero attached hydrogens (tertiary/aromatic N) is 4. The molecule has 3 rings (SSSR count). The van der Waals surface area contributed by atoms with Crippen LogP contribution in [0.4, 0.5) is 10.3 Å². The number of imidazole rings is 1. The second-order valence-electron chi connectivity index (χ2n) is 4.66. The van der Waals surface area contributed by atoms with E-state index in [0.29, 0.717) is 16.7 Å². The van der Waals surface area contributed by atoms with Gasteiger partial charge in [0.1, 0.15) is 11.3 Å². The van der Waals surface area contributed by atoms with Crippen molar-refractivity contribution < 1.29 is 14.4 Å². The average molecular weight is 337 g/mol. The number of amides is 1. The Morgan fingerprint density at radius 3 is 2.91 bits per heavy atom. The van der Waals surface area contributed by atoms with Crippen molar-refractivity contribution in [3.63, 3.8) is 0 Å². The molecule has 0 atom stereocenters. The van der Waals surface area contributed by atoms with E-state index in [4.69, 9.17) is 22.5 Å². The first kappa shape index (κ1) is 15.1. The highest BCUT2D eigenvalue weighted by Gasteiger charge is 2.14. The Bertz CT molecular complexity index is 913. The van der Waals surface area contributed by atoms with Crippen LogP contribution in [-0.2, 0) is 6.54 Å². The zero-order chi connectivity index (χ0) is 16.6. The molecule has 0 aliphatic heterocycles. The number of hydroxylamine groups is 1. The number of hydrogen-bond donors (Lipinski definition) is 3. The Morgan fingerprint density at radius 1 is 1.43 bits per heavy atom. The fraction of sp³-hybridized carbons (Fsp3) is 0.0769. The molecular weight excluding hydrogens is 327 g/mol. The van der Waals surface area contributed by atoms with Crippen LogP contribution >= 0.6 is 11.6 Å². The van der Waals surface area contributed by atoms with Gasteiger partial charge in [0.2, 0.25) is 5.95 Å². The molecule has 23 heavy (non-hydrogen) atoms. The van der Waals surface area contributed by atoms with Crippen LogP contribution in [0.15, 0.2) is 24.5 Å². The molecule has 0 fully saturated rings. The normalized spacial score (nSPS) is 10.9. The smallest absolute Gasteiger partial charge is 0.274 e. The van der Waals surface area contributed by atoms with E-state index < -0.39 is 11.7 Å². The molecule has 118 valence electrons. The summed E-state index contributed by atoms with van der Waals surface area (Å²) >= 11 is 5.93. The fourth-order valence-corrected chi connectivity index (χ4v) is 2.33. The molecule has 2 aromatic heterocycles. The SMILES string of the molecule is Nc1nc(Cl)c2ncn(Cc3ccc(C(=O)NO)cc3F)c2n1. The van der Waals surface area contributed by atoms with Crippen LogP contribution < -0.4 is 11.2 Å². The highest BCUT2D eigenvalue weighted by atomic mass is 35.5. The summed E-state index contributed by atoms with van der Waals surface area (Å²) in [5, 5.41) is 8.67. The summed E-state index contributed by atoms with van der Waals surface area (Å²) in [4.78, 5) is 23.2. The van der Waals surface area contributed by atoms with Crippen molar-refractivity contribution in [1.29, 1.82) is 0 Å². The van der Waals surface area contributed by atoms with E-state index in [0.717, 1.165) is 6.07 Å². The monoisotopic (exact) mass is 336 g/mol. The van der Waals surface area contributed by atoms with Crippen LogP contribution in [0.5, 0.6) is 0 Å². The number of carbonyl (C=O) groups excluding carboxylic acids is 1. The lowest BCUT2D eigenvalue weighted by atomic mass is 10.1. The zero-order valence-electron chi connectivity index (χ0n) is 11.5. The molecular formula is C13H10ClFN6O2. The number of aromatic nitrogens is 4. The van der Waals surface area contributed by atoms with Crippen molar-refractivity contribution >= 4 is 34.6 Å². The third kappa shape index (κ3) is 2.79. The first-order chi connectivity index (χ1) is 11.0. The highest BCUT2D eigenvalue weighted by molar-refractivity contribution is 6.33. The number of carbonyl (C=O) groups is 1. The molecule has 0 spiro atoms. The Hall–Kier alpha value is -2.78. The summed E-state index contributed by atoms with van der Waals surface area (Å²) in [5.41, 5.74) is 8.03. The lowest BCUT2D eigenvalue weighted by Crippen LogP contribution is -2.19. The molecule has 0 saturated heterocycles. The standard InChI is InChI=1S/C13H10ClFN6O2/c14-10-9-11(19-13(16)18-10)21(5-17-9)4-7-2-1-6(3-8(7)15)12(22)20-23/h1-3,5,23H,4H2,(H,20,22)(H2,16,18,19). The Kier molecular flexibility index (Phi) is 3.80. The molecule has 2 heterocycles. The summed E-state index contributed by atoms with van der Waals surface area (Å²) < 4.78 is 15.7. The quantitative estimate of drug-likeness (QED) is 0.377. The average Bonchev–Trinajstić information content (AvgIpc) is 2.91.